The molecule has 1 aromatic heterocycles. The van der Waals surface area contributed by atoms with Gasteiger partial charge in [-0.2, -0.15) is 0 Å². The molecule has 5 nitrogen and oxygen atoms in total. The van der Waals surface area contributed by atoms with Gasteiger partial charge in [-0.3, -0.25) is 4.79 Å². The van der Waals surface area contributed by atoms with Crippen LogP contribution in [0.1, 0.15) is 43.5 Å². The second-order valence-corrected chi connectivity index (χ2v) is 5.84. The Kier molecular flexibility index (Phi) is 3.60. The number of ether oxygens (including phenoxy) is 1. The van der Waals surface area contributed by atoms with Crippen molar-refractivity contribution >= 4 is 16.9 Å². The second kappa shape index (κ2) is 5.32. The van der Waals surface area contributed by atoms with Gasteiger partial charge in [0, 0.05) is 5.39 Å². The van der Waals surface area contributed by atoms with Crippen LogP contribution in [0.4, 0.5) is 0 Å². The van der Waals surface area contributed by atoms with Gasteiger partial charge in [-0.25, -0.2) is 0 Å². The van der Waals surface area contributed by atoms with E-state index in [1.807, 2.05) is 13.0 Å². The number of aromatic amines is 1. The van der Waals surface area contributed by atoms with Crippen LogP contribution < -0.4 is 0 Å². The number of hydrogen-bond acceptors (Lipinski definition) is 3. The molecular formula is C17H21NO4. The minimum absolute atomic E-state index is 0.0778. The third kappa shape index (κ3) is 2.08. The number of nitrogens with one attached hydrogen (secondary N) is 1. The highest BCUT2D eigenvalue weighted by Gasteiger charge is 2.41. The molecular weight excluding hydrogens is 282 g/mol. The SMILES string of the molecule is CCc1ccc(O)c2c3c([nH]c12)C(CC)(CC(=O)O)OCC3. The Balaban J connectivity index is 2.29. The summed E-state index contributed by atoms with van der Waals surface area (Å²) in [5.74, 6) is -0.639. The lowest BCUT2D eigenvalue weighted by atomic mass is 9.86. The van der Waals surface area contributed by atoms with Crippen LogP contribution in [0.25, 0.3) is 10.9 Å². The van der Waals surface area contributed by atoms with Gasteiger partial charge < -0.3 is 19.9 Å². The summed E-state index contributed by atoms with van der Waals surface area (Å²) in [7, 11) is 0. The highest BCUT2D eigenvalue weighted by Crippen LogP contribution is 2.44. The first-order chi connectivity index (χ1) is 10.5. The van der Waals surface area contributed by atoms with Crippen molar-refractivity contribution in [1.29, 1.82) is 0 Å². The first-order valence-electron chi connectivity index (χ1n) is 7.74. The van der Waals surface area contributed by atoms with Gasteiger partial charge in [-0.15, -0.1) is 0 Å². The molecule has 1 unspecified atom stereocenters. The summed E-state index contributed by atoms with van der Waals surface area (Å²) in [6, 6.07) is 3.63. The highest BCUT2D eigenvalue weighted by atomic mass is 16.5. The summed E-state index contributed by atoms with van der Waals surface area (Å²) < 4.78 is 5.90. The fourth-order valence-electron chi connectivity index (χ4n) is 3.55. The van der Waals surface area contributed by atoms with Gasteiger partial charge >= 0.3 is 5.97 Å². The average Bonchev–Trinajstić information content (AvgIpc) is 2.89. The van der Waals surface area contributed by atoms with Crippen molar-refractivity contribution < 1.29 is 19.7 Å². The number of phenolic OH excluding ortho intramolecular Hbond substituents is 1. The van der Waals surface area contributed by atoms with Crippen molar-refractivity contribution in [1.82, 2.24) is 4.98 Å². The van der Waals surface area contributed by atoms with Crippen LogP contribution in [0.15, 0.2) is 12.1 Å². The normalized spacial score (nSPS) is 21.0. The van der Waals surface area contributed by atoms with Crippen molar-refractivity contribution in [3.05, 3.63) is 29.0 Å². The van der Waals surface area contributed by atoms with Crippen LogP contribution in [-0.4, -0.2) is 27.8 Å². The van der Waals surface area contributed by atoms with Crippen LogP contribution in [0, 0.1) is 0 Å². The molecule has 3 rings (SSSR count). The van der Waals surface area contributed by atoms with E-state index in [-0.39, 0.29) is 12.2 Å². The van der Waals surface area contributed by atoms with Crippen LogP contribution in [-0.2, 0) is 28.0 Å². The van der Waals surface area contributed by atoms with Gasteiger partial charge in [-0.05, 0) is 36.5 Å². The summed E-state index contributed by atoms with van der Waals surface area (Å²) in [5, 5.41) is 20.4. The number of rotatable bonds is 4. The smallest absolute Gasteiger partial charge is 0.306 e. The highest BCUT2D eigenvalue weighted by molar-refractivity contribution is 5.93. The summed E-state index contributed by atoms with van der Waals surface area (Å²) in [5.41, 5.74) is 2.99. The van der Waals surface area contributed by atoms with Gasteiger partial charge in [0.15, 0.2) is 0 Å². The van der Waals surface area contributed by atoms with E-state index in [0.29, 0.717) is 19.4 Å². The maximum absolute atomic E-state index is 11.3. The summed E-state index contributed by atoms with van der Waals surface area (Å²) >= 11 is 0. The lowest BCUT2D eigenvalue weighted by molar-refractivity contribution is -0.148. The molecule has 1 aliphatic rings. The molecule has 0 radical (unpaired) electrons. The van der Waals surface area contributed by atoms with Crippen molar-refractivity contribution in [2.45, 2.75) is 45.1 Å². The Morgan fingerprint density at radius 2 is 2.18 bits per heavy atom. The molecule has 2 aromatic rings. The lowest BCUT2D eigenvalue weighted by Crippen LogP contribution is -2.37. The van der Waals surface area contributed by atoms with E-state index in [4.69, 9.17) is 4.74 Å². The summed E-state index contributed by atoms with van der Waals surface area (Å²) in [6.45, 7) is 4.47. The van der Waals surface area contributed by atoms with Crippen molar-refractivity contribution in [3.8, 4) is 5.75 Å². The maximum atomic E-state index is 11.3. The number of benzene rings is 1. The minimum Gasteiger partial charge on any atom is -0.507 e. The molecule has 22 heavy (non-hydrogen) atoms. The molecule has 1 aliphatic heterocycles. The van der Waals surface area contributed by atoms with Crippen molar-refractivity contribution in [2.75, 3.05) is 6.61 Å². The number of aromatic nitrogens is 1. The number of carboxylic acids is 1. The van der Waals surface area contributed by atoms with E-state index < -0.39 is 11.6 Å². The predicted octanol–water partition coefficient (Wildman–Crippen LogP) is 3.09. The molecule has 0 bridgehead atoms. The third-order valence-corrected chi connectivity index (χ3v) is 4.70. The van der Waals surface area contributed by atoms with E-state index in [1.54, 1.807) is 6.07 Å². The number of carbonyl (C=O) groups is 1. The fourth-order valence-corrected chi connectivity index (χ4v) is 3.55. The molecule has 5 heteroatoms. The Hall–Kier alpha value is -2.01. The Bertz CT molecular complexity index is 734. The number of aliphatic carboxylic acids is 1. The first-order valence-corrected chi connectivity index (χ1v) is 7.74. The standard InChI is InChI=1S/C17H21NO4/c1-3-10-5-6-12(19)14-11-7-8-22-17(4-2,9-13(20)21)16(11)18-15(10)14/h5-6,18-19H,3-4,7-9H2,1-2H3,(H,20,21). The number of H-pyrrole nitrogens is 1. The summed E-state index contributed by atoms with van der Waals surface area (Å²) in [6.07, 6.45) is 2.01. The zero-order valence-electron chi connectivity index (χ0n) is 12.9. The number of aromatic hydroxyl groups is 1. The van der Waals surface area contributed by atoms with Gasteiger partial charge in [0.2, 0.25) is 0 Å². The van der Waals surface area contributed by atoms with Crippen LogP contribution in [0.3, 0.4) is 0 Å². The second-order valence-electron chi connectivity index (χ2n) is 5.84. The molecule has 118 valence electrons. The molecule has 0 aliphatic carbocycles. The first kappa shape index (κ1) is 14.9. The Labute approximate surface area is 128 Å². The third-order valence-electron chi connectivity index (χ3n) is 4.70. The van der Waals surface area contributed by atoms with Gasteiger partial charge in [-0.1, -0.05) is 19.9 Å². The van der Waals surface area contributed by atoms with E-state index >= 15 is 0 Å². The molecule has 3 N–H and O–H groups in total. The molecule has 1 atom stereocenters. The lowest BCUT2D eigenvalue weighted by Gasteiger charge is -2.35. The van der Waals surface area contributed by atoms with Crippen LogP contribution >= 0.6 is 0 Å². The molecule has 0 fully saturated rings. The zero-order chi connectivity index (χ0) is 15.9. The average molecular weight is 303 g/mol. The largest absolute Gasteiger partial charge is 0.507 e. The van der Waals surface area contributed by atoms with E-state index in [2.05, 4.69) is 11.9 Å². The molecule has 0 spiro atoms. The number of fused-ring (bicyclic) bond motifs is 3. The van der Waals surface area contributed by atoms with Gasteiger partial charge in [0.05, 0.1) is 24.2 Å². The monoisotopic (exact) mass is 303 g/mol. The van der Waals surface area contributed by atoms with E-state index in [9.17, 15) is 15.0 Å². The Morgan fingerprint density at radius 3 is 2.82 bits per heavy atom. The van der Waals surface area contributed by atoms with Gasteiger partial charge in [0.25, 0.3) is 0 Å². The molecule has 0 saturated heterocycles. The predicted molar refractivity (Wildman–Crippen MR) is 83.2 cm³/mol. The van der Waals surface area contributed by atoms with E-state index in [0.717, 1.165) is 34.1 Å². The van der Waals surface area contributed by atoms with E-state index in [1.165, 1.54) is 0 Å². The topological polar surface area (TPSA) is 82.5 Å². The van der Waals surface area contributed by atoms with Crippen LogP contribution in [0.2, 0.25) is 0 Å². The van der Waals surface area contributed by atoms with Crippen molar-refractivity contribution in [3.63, 3.8) is 0 Å². The molecule has 2 heterocycles. The minimum atomic E-state index is -0.881. The summed E-state index contributed by atoms with van der Waals surface area (Å²) in [4.78, 5) is 14.7. The quantitative estimate of drug-likeness (QED) is 0.810. The Morgan fingerprint density at radius 1 is 1.41 bits per heavy atom. The van der Waals surface area contributed by atoms with Crippen LogP contribution in [0.5, 0.6) is 5.75 Å². The number of phenols is 1. The van der Waals surface area contributed by atoms with Gasteiger partial charge in [0.1, 0.15) is 11.4 Å². The molecule has 1 aromatic carbocycles. The number of aryl methyl sites for hydroxylation is 1. The fraction of sp³-hybridized carbons (Fsp3) is 0.471. The zero-order valence-corrected chi connectivity index (χ0v) is 12.9. The van der Waals surface area contributed by atoms with Crippen molar-refractivity contribution in [2.24, 2.45) is 0 Å². The number of hydrogen-bond donors (Lipinski definition) is 3. The molecule has 0 saturated carbocycles. The number of carboxylic acid groups (broad SMARTS) is 1. The molecule has 0 amide bonds. The maximum Gasteiger partial charge on any atom is 0.306 e.